The molecule has 0 aromatic heterocycles. The lowest BCUT2D eigenvalue weighted by molar-refractivity contribution is -0.108. The summed E-state index contributed by atoms with van der Waals surface area (Å²) < 4.78 is 11.5. The Hall–Kier alpha value is -2.83. The number of hydrogen-bond donors (Lipinski definition) is 2. The number of benzene rings is 2. The van der Waals surface area contributed by atoms with Crippen LogP contribution in [0, 0.1) is 0 Å². The summed E-state index contributed by atoms with van der Waals surface area (Å²) in [6, 6.07) is 14.6. The molecule has 158 valence electrons. The quantitative estimate of drug-likeness (QED) is 0.518. The molecule has 0 amide bonds. The molecule has 2 atom stereocenters. The Labute approximate surface area is 177 Å². The molecule has 4 rings (SSSR count). The first kappa shape index (κ1) is 20.4. The Morgan fingerprint density at radius 2 is 2.20 bits per heavy atom. The second kappa shape index (κ2) is 9.78. The van der Waals surface area contributed by atoms with Gasteiger partial charge in [-0.15, -0.1) is 0 Å². The zero-order valence-corrected chi connectivity index (χ0v) is 17.1. The van der Waals surface area contributed by atoms with Crippen LogP contribution in [-0.4, -0.2) is 38.6 Å². The molecule has 2 aromatic carbocycles. The molecule has 2 aliphatic rings. The van der Waals surface area contributed by atoms with Crippen LogP contribution >= 0.6 is 0 Å². The number of rotatable bonds is 8. The van der Waals surface area contributed by atoms with Crippen LogP contribution in [0.4, 0.5) is 5.69 Å². The molecule has 2 aliphatic heterocycles. The Bertz CT molecular complexity index is 899. The van der Waals surface area contributed by atoms with Crippen LogP contribution in [0.15, 0.2) is 54.8 Å². The second-order valence-corrected chi connectivity index (χ2v) is 7.72. The van der Waals surface area contributed by atoms with Crippen molar-refractivity contribution in [3.05, 3.63) is 65.9 Å². The minimum absolute atomic E-state index is 0.245. The summed E-state index contributed by atoms with van der Waals surface area (Å²) in [5, 5.41) is 3.51. The summed E-state index contributed by atoms with van der Waals surface area (Å²) in [7, 11) is 0. The first-order valence-corrected chi connectivity index (χ1v) is 10.6. The van der Waals surface area contributed by atoms with Crippen molar-refractivity contribution in [3.8, 4) is 11.5 Å². The van der Waals surface area contributed by atoms with E-state index >= 15 is 0 Å². The number of anilines is 1. The molecule has 0 radical (unpaired) electrons. The number of fused-ring (bicyclic) bond motifs is 1. The summed E-state index contributed by atoms with van der Waals surface area (Å²) in [6.07, 6.45) is 6.23. The summed E-state index contributed by atoms with van der Waals surface area (Å²) in [4.78, 5) is 13.7. The monoisotopic (exact) mass is 407 g/mol. The van der Waals surface area contributed by atoms with Gasteiger partial charge in [0.15, 0.2) is 0 Å². The average Bonchev–Trinajstić information content (AvgIpc) is 2.81. The summed E-state index contributed by atoms with van der Waals surface area (Å²) in [5.41, 5.74) is 9.10. The number of aldehydes is 1. The number of hydrogen-bond acceptors (Lipinski definition) is 6. The largest absolute Gasteiger partial charge is 0.493 e. The number of nitrogens with zero attached hydrogens (tertiary/aromatic N) is 1. The second-order valence-electron chi connectivity index (χ2n) is 7.72. The maximum atomic E-state index is 11.2. The van der Waals surface area contributed by atoms with E-state index in [4.69, 9.17) is 15.2 Å². The lowest BCUT2D eigenvalue weighted by Gasteiger charge is -2.38. The van der Waals surface area contributed by atoms with Crippen LogP contribution in [0.25, 0.3) is 0 Å². The maximum absolute atomic E-state index is 11.2. The zero-order valence-electron chi connectivity index (χ0n) is 17.1. The van der Waals surface area contributed by atoms with Crippen molar-refractivity contribution in [2.45, 2.75) is 31.3 Å². The van der Waals surface area contributed by atoms with E-state index in [2.05, 4.69) is 34.5 Å². The van der Waals surface area contributed by atoms with E-state index in [9.17, 15) is 4.79 Å². The normalized spacial score (nSPS) is 20.4. The van der Waals surface area contributed by atoms with Crippen LogP contribution in [0.5, 0.6) is 11.5 Å². The summed E-state index contributed by atoms with van der Waals surface area (Å²) >= 11 is 0. The van der Waals surface area contributed by atoms with Crippen LogP contribution in [0.2, 0.25) is 0 Å². The number of ether oxygens (including phenoxy) is 2. The highest BCUT2D eigenvalue weighted by atomic mass is 16.5. The predicted octanol–water partition coefficient (Wildman–Crippen LogP) is 2.97. The predicted molar refractivity (Wildman–Crippen MR) is 118 cm³/mol. The maximum Gasteiger partial charge on any atom is 0.134 e. The van der Waals surface area contributed by atoms with Crippen molar-refractivity contribution in [2.24, 2.45) is 5.73 Å². The molecule has 0 aliphatic carbocycles. The van der Waals surface area contributed by atoms with Gasteiger partial charge in [-0.3, -0.25) is 0 Å². The summed E-state index contributed by atoms with van der Waals surface area (Å²) in [5.74, 6) is 1.21. The smallest absolute Gasteiger partial charge is 0.134 e. The van der Waals surface area contributed by atoms with Crippen LogP contribution in [0.3, 0.4) is 0 Å². The SMILES string of the molecule is NCc1cccc(N2CCNCC2CCCOc2ccc3c(c2)OC=CC3C=O)c1. The molecule has 1 saturated heterocycles. The molecule has 6 nitrogen and oxygen atoms in total. The lowest BCUT2D eigenvalue weighted by atomic mass is 9.98. The zero-order chi connectivity index (χ0) is 20.8. The third-order valence-electron chi connectivity index (χ3n) is 5.75. The molecule has 0 saturated carbocycles. The van der Waals surface area contributed by atoms with Crippen molar-refractivity contribution in [2.75, 3.05) is 31.1 Å². The number of nitrogens with two attached hydrogens (primary N) is 1. The van der Waals surface area contributed by atoms with E-state index in [0.717, 1.165) is 55.6 Å². The van der Waals surface area contributed by atoms with E-state index in [1.165, 1.54) is 5.69 Å². The van der Waals surface area contributed by atoms with Gasteiger partial charge in [0.1, 0.15) is 17.8 Å². The van der Waals surface area contributed by atoms with Gasteiger partial charge in [0.2, 0.25) is 0 Å². The van der Waals surface area contributed by atoms with Crippen LogP contribution in [0.1, 0.15) is 29.9 Å². The molecule has 0 bridgehead atoms. The molecule has 2 aromatic rings. The van der Waals surface area contributed by atoms with E-state index in [1.807, 2.05) is 18.2 Å². The number of allylic oxidation sites excluding steroid dienone is 1. The fraction of sp³-hybridized carbons (Fsp3) is 0.375. The topological polar surface area (TPSA) is 76.8 Å². The highest BCUT2D eigenvalue weighted by Gasteiger charge is 2.22. The van der Waals surface area contributed by atoms with E-state index in [1.54, 1.807) is 12.3 Å². The third-order valence-corrected chi connectivity index (χ3v) is 5.75. The van der Waals surface area contributed by atoms with Crippen molar-refractivity contribution in [3.63, 3.8) is 0 Å². The Balaban J connectivity index is 1.32. The highest BCUT2D eigenvalue weighted by molar-refractivity contribution is 5.69. The van der Waals surface area contributed by atoms with Crippen LogP contribution in [-0.2, 0) is 11.3 Å². The van der Waals surface area contributed by atoms with Gasteiger partial charge in [-0.2, -0.15) is 0 Å². The van der Waals surface area contributed by atoms with Gasteiger partial charge in [0.25, 0.3) is 0 Å². The van der Waals surface area contributed by atoms with Gasteiger partial charge in [-0.25, -0.2) is 0 Å². The molecule has 3 N–H and O–H groups in total. The van der Waals surface area contributed by atoms with Gasteiger partial charge in [0.05, 0.1) is 18.8 Å². The van der Waals surface area contributed by atoms with Crippen molar-refractivity contribution in [1.82, 2.24) is 5.32 Å². The van der Waals surface area contributed by atoms with Crippen molar-refractivity contribution < 1.29 is 14.3 Å². The molecular weight excluding hydrogens is 378 g/mol. The van der Waals surface area contributed by atoms with E-state index < -0.39 is 0 Å². The molecule has 30 heavy (non-hydrogen) atoms. The van der Waals surface area contributed by atoms with Gasteiger partial charge in [-0.1, -0.05) is 18.2 Å². The van der Waals surface area contributed by atoms with Gasteiger partial charge in [-0.05, 0) is 42.7 Å². The highest BCUT2D eigenvalue weighted by Crippen LogP contribution is 2.34. The number of carbonyl (C=O) groups is 1. The molecule has 2 unspecified atom stereocenters. The van der Waals surface area contributed by atoms with E-state index in [0.29, 0.717) is 24.9 Å². The van der Waals surface area contributed by atoms with Gasteiger partial charge >= 0.3 is 0 Å². The standard InChI is InChI=1S/C24H29N3O3/c25-15-18-3-1-4-20(13-18)27-10-9-26-16-21(27)5-2-11-29-22-6-7-23-19(17-28)8-12-30-24(23)14-22/h1,3-4,6-8,12-14,17,19,21,26H,2,5,9-11,15-16,25H2. The lowest BCUT2D eigenvalue weighted by Crippen LogP contribution is -2.51. The van der Waals surface area contributed by atoms with E-state index in [-0.39, 0.29) is 5.92 Å². The van der Waals surface area contributed by atoms with Crippen molar-refractivity contribution in [1.29, 1.82) is 0 Å². The first-order valence-electron chi connectivity index (χ1n) is 10.6. The fourth-order valence-corrected chi connectivity index (χ4v) is 4.13. The van der Waals surface area contributed by atoms with Gasteiger partial charge < -0.3 is 30.2 Å². The van der Waals surface area contributed by atoms with Gasteiger partial charge in [0, 0.05) is 49.5 Å². The third kappa shape index (κ3) is 4.66. The Morgan fingerprint density at radius 3 is 3.07 bits per heavy atom. The molecule has 6 heteroatoms. The number of carbonyl (C=O) groups excluding carboxylic acids is 1. The molecule has 1 fully saturated rings. The summed E-state index contributed by atoms with van der Waals surface area (Å²) in [6.45, 7) is 4.16. The minimum Gasteiger partial charge on any atom is -0.493 e. The van der Waals surface area contributed by atoms with Crippen molar-refractivity contribution >= 4 is 12.0 Å². The number of piperazine rings is 1. The molecular formula is C24H29N3O3. The fourth-order valence-electron chi connectivity index (χ4n) is 4.13. The minimum atomic E-state index is -0.245. The Kier molecular flexibility index (Phi) is 6.67. The first-order chi connectivity index (χ1) is 14.8. The van der Waals surface area contributed by atoms with Crippen LogP contribution < -0.4 is 25.4 Å². The number of nitrogens with one attached hydrogen (secondary N) is 1. The Morgan fingerprint density at radius 1 is 1.27 bits per heavy atom. The molecule has 0 spiro atoms. The molecule has 2 heterocycles. The average molecular weight is 408 g/mol.